The highest BCUT2D eigenvalue weighted by Crippen LogP contribution is 2.35. The van der Waals surface area contributed by atoms with Crippen LogP contribution in [0.25, 0.3) is 0 Å². The summed E-state index contributed by atoms with van der Waals surface area (Å²) in [6.07, 6.45) is 0.143. The molecule has 3 rings (SSSR count). The molecule has 0 radical (unpaired) electrons. The maximum absolute atomic E-state index is 12.2. The number of ether oxygens (including phenoxy) is 1. The maximum atomic E-state index is 12.2. The van der Waals surface area contributed by atoms with Crippen LogP contribution in [0.15, 0.2) is 30.3 Å². The third-order valence-electron chi connectivity index (χ3n) is 4.00. The number of amides is 2. The van der Waals surface area contributed by atoms with Crippen LogP contribution in [0.4, 0.5) is 0 Å². The van der Waals surface area contributed by atoms with Crippen LogP contribution in [-0.2, 0) is 36.7 Å². The van der Waals surface area contributed by atoms with Gasteiger partial charge in [-0.25, -0.2) is 4.79 Å². The Kier molecular flexibility index (Phi) is 4.27. The first kappa shape index (κ1) is 15.8. The van der Waals surface area contributed by atoms with Crippen molar-refractivity contribution in [3.8, 4) is 0 Å². The maximum Gasteiger partial charge on any atom is 0.333 e. The van der Waals surface area contributed by atoms with Gasteiger partial charge in [0.25, 0.3) is 5.91 Å². The van der Waals surface area contributed by atoms with Crippen molar-refractivity contribution < 1.29 is 23.7 Å². The zero-order valence-electron chi connectivity index (χ0n) is 12.4. The van der Waals surface area contributed by atoms with Gasteiger partial charge in [0, 0.05) is 0 Å². The van der Waals surface area contributed by atoms with Gasteiger partial charge in [0.15, 0.2) is 12.1 Å². The van der Waals surface area contributed by atoms with Crippen LogP contribution in [0.3, 0.4) is 0 Å². The first-order valence-electron chi connectivity index (χ1n) is 7.13. The van der Waals surface area contributed by atoms with Crippen LogP contribution >= 0.6 is 0 Å². The fourth-order valence-corrected chi connectivity index (χ4v) is 4.68. The highest BCUT2D eigenvalue weighted by molar-refractivity contribution is 7.92. The summed E-state index contributed by atoms with van der Waals surface area (Å²) in [4.78, 5) is 37.1. The van der Waals surface area contributed by atoms with E-state index in [2.05, 4.69) is 10.1 Å². The molecular formula is C15H16N2O5S. The number of β-lactam (4-membered cyclic amide) rings is 1. The van der Waals surface area contributed by atoms with Gasteiger partial charge in [-0.1, -0.05) is 30.3 Å². The summed E-state index contributed by atoms with van der Waals surface area (Å²) in [6, 6.07) is 7.48. The van der Waals surface area contributed by atoms with Crippen molar-refractivity contribution in [2.75, 3.05) is 12.9 Å². The summed E-state index contributed by atoms with van der Waals surface area (Å²) < 4.78 is 16.7. The molecule has 2 saturated heterocycles. The lowest BCUT2D eigenvalue weighted by molar-refractivity contribution is -0.160. The van der Waals surface area contributed by atoms with Crippen LogP contribution in [0.5, 0.6) is 0 Å². The van der Waals surface area contributed by atoms with Crippen molar-refractivity contribution in [3.63, 3.8) is 0 Å². The minimum absolute atomic E-state index is 0.0497. The SMILES string of the molecule is COC(=O)C1C[S+]([O-])[C@@H]2C(NC(=O)Cc3ccccc3)C(=O)N12. The highest BCUT2D eigenvalue weighted by Gasteiger charge is 2.65. The number of hydrogen-bond donors (Lipinski definition) is 1. The predicted octanol–water partition coefficient (Wildman–Crippen LogP) is -0.814. The smallest absolute Gasteiger partial charge is 0.333 e. The van der Waals surface area contributed by atoms with Gasteiger partial charge in [0.1, 0.15) is 5.75 Å². The lowest BCUT2D eigenvalue weighted by Gasteiger charge is -2.41. The van der Waals surface area contributed by atoms with E-state index in [0.29, 0.717) is 0 Å². The summed E-state index contributed by atoms with van der Waals surface area (Å²) >= 11 is -1.39. The normalized spacial score (nSPS) is 28.8. The van der Waals surface area contributed by atoms with E-state index < -0.39 is 40.5 Å². The van der Waals surface area contributed by atoms with Crippen molar-refractivity contribution in [2.45, 2.75) is 23.9 Å². The molecule has 0 aliphatic carbocycles. The highest BCUT2D eigenvalue weighted by atomic mass is 32.2. The molecule has 0 spiro atoms. The standard InChI is InChI=1S/C15H16N2O5S/c1-22-15(20)10-8-23(21)14-12(13(19)17(10)14)16-11(18)7-9-5-3-2-4-6-9/h2-6,10,12,14H,7-8H2,1H3,(H,16,18)/t10?,12?,14-,23?/m1/s1. The summed E-state index contributed by atoms with van der Waals surface area (Å²) in [5, 5.41) is 1.97. The van der Waals surface area contributed by atoms with E-state index in [-0.39, 0.29) is 18.1 Å². The Hall–Kier alpha value is -2.06. The van der Waals surface area contributed by atoms with Crippen LogP contribution in [0.1, 0.15) is 5.56 Å². The Morgan fingerprint density at radius 1 is 1.39 bits per heavy atom. The lowest BCUT2D eigenvalue weighted by atomic mass is 10.0. The van der Waals surface area contributed by atoms with E-state index in [1.54, 1.807) is 0 Å². The molecule has 1 N–H and O–H groups in total. The quantitative estimate of drug-likeness (QED) is 0.440. The van der Waals surface area contributed by atoms with Gasteiger partial charge in [-0.2, -0.15) is 0 Å². The van der Waals surface area contributed by atoms with Gasteiger partial charge in [0.05, 0.1) is 13.5 Å². The van der Waals surface area contributed by atoms with E-state index in [1.807, 2.05) is 30.3 Å². The second-order valence-electron chi connectivity index (χ2n) is 5.43. The fourth-order valence-electron chi connectivity index (χ4n) is 2.89. The Labute approximate surface area is 136 Å². The minimum atomic E-state index is -1.39. The zero-order chi connectivity index (χ0) is 16.6. The van der Waals surface area contributed by atoms with Crippen molar-refractivity contribution in [3.05, 3.63) is 35.9 Å². The van der Waals surface area contributed by atoms with Crippen LogP contribution in [0.2, 0.25) is 0 Å². The number of carbonyl (C=O) groups is 3. The molecule has 2 heterocycles. The molecule has 3 unspecified atom stereocenters. The van der Waals surface area contributed by atoms with Gasteiger partial charge in [0.2, 0.25) is 11.3 Å². The van der Waals surface area contributed by atoms with E-state index >= 15 is 0 Å². The number of methoxy groups -OCH3 is 1. The monoisotopic (exact) mass is 336 g/mol. The number of nitrogens with one attached hydrogen (secondary N) is 1. The molecule has 2 aliphatic rings. The van der Waals surface area contributed by atoms with Crippen LogP contribution in [-0.4, -0.2) is 57.6 Å². The predicted molar refractivity (Wildman–Crippen MR) is 81.5 cm³/mol. The second-order valence-corrected chi connectivity index (χ2v) is 7.01. The summed E-state index contributed by atoms with van der Waals surface area (Å²) in [5.74, 6) is -1.23. The molecule has 2 fully saturated rings. The number of rotatable bonds is 4. The van der Waals surface area contributed by atoms with E-state index in [9.17, 15) is 18.9 Å². The number of esters is 1. The average Bonchev–Trinajstić information content (AvgIpc) is 2.86. The third-order valence-corrected chi connectivity index (χ3v) is 5.69. The molecule has 2 aliphatic heterocycles. The molecule has 1 aromatic rings. The Morgan fingerprint density at radius 3 is 2.74 bits per heavy atom. The van der Waals surface area contributed by atoms with Crippen LogP contribution < -0.4 is 5.32 Å². The topological polar surface area (TPSA) is 98.8 Å². The molecule has 0 aromatic heterocycles. The summed E-state index contributed by atoms with van der Waals surface area (Å²) in [5.41, 5.74) is 0.827. The molecule has 1 aromatic carbocycles. The van der Waals surface area contributed by atoms with Gasteiger partial charge < -0.3 is 14.6 Å². The van der Waals surface area contributed by atoms with Gasteiger partial charge in [-0.15, -0.1) is 0 Å². The third kappa shape index (κ3) is 2.79. The molecule has 7 nitrogen and oxygen atoms in total. The van der Waals surface area contributed by atoms with E-state index in [0.717, 1.165) is 5.56 Å². The van der Waals surface area contributed by atoms with Crippen molar-refractivity contribution in [1.82, 2.24) is 10.2 Å². The molecule has 2 amide bonds. The van der Waals surface area contributed by atoms with Gasteiger partial charge in [-0.05, 0) is 16.7 Å². The van der Waals surface area contributed by atoms with Crippen LogP contribution in [0, 0.1) is 0 Å². The molecule has 122 valence electrons. The number of fused-ring (bicyclic) bond motifs is 1. The van der Waals surface area contributed by atoms with Gasteiger partial charge >= 0.3 is 5.97 Å². The largest absolute Gasteiger partial charge is 0.615 e. The number of hydrogen-bond acceptors (Lipinski definition) is 5. The van der Waals surface area contributed by atoms with E-state index in [4.69, 9.17) is 0 Å². The average molecular weight is 336 g/mol. The molecule has 4 atom stereocenters. The minimum Gasteiger partial charge on any atom is -0.615 e. The number of nitrogens with zero attached hydrogens (tertiary/aromatic N) is 1. The Morgan fingerprint density at radius 2 is 2.09 bits per heavy atom. The number of benzene rings is 1. The zero-order valence-corrected chi connectivity index (χ0v) is 13.2. The number of carbonyl (C=O) groups excluding carboxylic acids is 3. The van der Waals surface area contributed by atoms with E-state index in [1.165, 1.54) is 12.0 Å². The fraction of sp³-hybridized carbons (Fsp3) is 0.400. The van der Waals surface area contributed by atoms with Crippen molar-refractivity contribution >= 4 is 29.0 Å². The second kappa shape index (κ2) is 6.21. The van der Waals surface area contributed by atoms with Gasteiger partial charge in [-0.3, -0.25) is 14.5 Å². The molecule has 0 saturated carbocycles. The molecular weight excluding hydrogens is 320 g/mol. The Bertz CT molecular complexity index is 638. The molecule has 0 bridgehead atoms. The molecule has 23 heavy (non-hydrogen) atoms. The van der Waals surface area contributed by atoms with Crippen molar-refractivity contribution in [2.24, 2.45) is 0 Å². The lowest BCUT2D eigenvalue weighted by Crippen LogP contribution is -2.72. The summed E-state index contributed by atoms with van der Waals surface area (Å²) in [6.45, 7) is 0. The summed E-state index contributed by atoms with van der Waals surface area (Å²) in [7, 11) is 1.22. The first-order chi connectivity index (χ1) is 11.0. The molecule has 8 heteroatoms. The van der Waals surface area contributed by atoms with Crippen molar-refractivity contribution in [1.29, 1.82) is 0 Å². The first-order valence-corrected chi connectivity index (χ1v) is 8.51. The Balaban J connectivity index is 1.63.